The third kappa shape index (κ3) is 4.76. The number of rotatable bonds is 7. The third-order valence-electron chi connectivity index (χ3n) is 5.66. The van der Waals surface area contributed by atoms with Crippen LogP contribution >= 0.6 is 0 Å². The van der Waals surface area contributed by atoms with Gasteiger partial charge >= 0.3 is 0 Å². The van der Waals surface area contributed by atoms with Crippen molar-refractivity contribution in [1.29, 1.82) is 0 Å². The van der Waals surface area contributed by atoms with E-state index in [9.17, 15) is 9.18 Å². The minimum atomic E-state index is -0.330. The second-order valence-electron chi connectivity index (χ2n) is 7.95. The Kier molecular flexibility index (Phi) is 6.30. The molecule has 1 aliphatic rings. The molecule has 7 heteroatoms. The van der Waals surface area contributed by atoms with Gasteiger partial charge in [-0.1, -0.05) is 6.07 Å². The van der Waals surface area contributed by atoms with Crippen molar-refractivity contribution in [2.24, 2.45) is 7.05 Å². The molecule has 162 valence electrons. The van der Waals surface area contributed by atoms with E-state index >= 15 is 0 Å². The molecule has 4 rings (SSSR count). The molecule has 0 radical (unpaired) electrons. The molecule has 0 bridgehead atoms. The fourth-order valence-electron chi connectivity index (χ4n) is 4.20. The second kappa shape index (κ2) is 9.29. The summed E-state index contributed by atoms with van der Waals surface area (Å²) in [5.41, 5.74) is 4.18. The first-order valence-electron chi connectivity index (χ1n) is 10.7. The number of aromatic nitrogens is 3. The number of ether oxygens (including phenoxy) is 1. The number of pyridine rings is 1. The Hall–Kier alpha value is -3.22. The Morgan fingerprint density at radius 3 is 2.97 bits per heavy atom. The molecule has 2 aromatic heterocycles. The number of likely N-dealkylation sites (tertiary alicyclic amines) is 1. The zero-order valence-corrected chi connectivity index (χ0v) is 17.9. The Labute approximate surface area is 181 Å². The molecule has 31 heavy (non-hydrogen) atoms. The first kappa shape index (κ1) is 21.0. The van der Waals surface area contributed by atoms with Gasteiger partial charge in [-0.25, -0.2) is 4.39 Å². The lowest BCUT2D eigenvalue weighted by atomic mass is 9.98. The molecule has 1 saturated heterocycles. The van der Waals surface area contributed by atoms with Gasteiger partial charge in [-0.2, -0.15) is 5.10 Å². The summed E-state index contributed by atoms with van der Waals surface area (Å²) >= 11 is 0. The van der Waals surface area contributed by atoms with Gasteiger partial charge in [0.2, 0.25) is 5.91 Å². The van der Waals surface area contributed by atoms with Crippen molar-refractivity contribution in [2.75, 3.05) is 13.2 Å². The highest BCUT2D eigenvalue weighted by atomic mass is 19.1. The monoisotopic (exact) mass is 422 g/mol. The van der Waals surface area contributed by atoms with Gasteiger partial charge < -0.3 is 9.64 Å². The summed E-state index contributed by atoms with van der Waals surface area (Å²) in [5.74, 6) is 0.259. The molecule has 1 aliphatic heterocycles. The van der Waals surface area contributed by atoms with Crippen LogP contribution in [-0.4, -0.2) is 38.7 Å². The highest BCUT2D eigenvalue weighted by molar-refractivity contribution is 5.78. The van der Waals surface area contributed by atoms with Gasteiger partial charge in [-0.3, -0.25) is 14.5 Å². The third-order valence-corrected chi connectivity index (χ3v) is 5.66. The van der Waals surface area contributed by atoms with E-state index in [1.54, 1.807) is 18.3 Å². The van der Waals surface area contributed by atoms with Crippen LogP contribution in [0, 0.1) is 12.7 Å². The normalized spacial score (nSPS) is 16.0. The molecule has 1 atom stereocenters. The lowest BCUT2D eigenvalue weighted by molar-refractivity contribution is -0.132. The maximum absolute atomic E-state index is 13.2. The van der Waals surface area contributed by atoms with Gasteiger partial charge in [0.25, 0.3) is 0 Å². The first-order valence-corrected chi connectivity index (χ1v) is 10.7. The number of hydrogen-bond acceptors (Lipinski definition) is 4. The van der Waals surface area contributed by atoms with E-state index in [1.807, 2.05) is 42.0 Å². The lowest BCUT2D eigenvalue weighted by Crippen LogP contribution is -2.31. The number of amides is 1. The molecule has 1 aromatic carbocycles. The van der Waals surface area contributed by atoms with Crippen molar-refractivity contribution in [2.45, 2.75) is 38.6 Å². The Morgan fingerprint density at radius 1 is 1.29 bits per heavy atom. The zero-order valence-electron chi connectivity index (χ0n) is 17.9. The summed E-state index contributed by atoms with van der Waals surface area (Å²) in [6, 6.07) is 8.02. The molecule has 3 heterocycles. The molecule has 1 fully saturated rings. The van der Waals surface area contributed by atoms with Gasteiger partial charge in [0.05, 0.1) is 18.3 Å². The lowest BCUT2D eigenvalue weighted by Gasteiger charge is -2.24. The predicted octanol–water partition coefficient (Wildman–Crippen LogP) is 4.45. The number of aryl methyl sites for hydroxylation is 2. The van der Waals surface area contributed by atoms with E-state index in [4.69, 9.17) is 9.84 Å². The van der Waals surface area contributed by atoms with Crippen molar-refractivity contribution >= 4 is 5.91 Å². The highest BCUT2D eigenvalue weighted by Crippen LogP contribution is 2.38. The van der Waals surface area contributed by atoms with E-state index in [2.05, 4.69) is 4.98 Å². The SMILES string of the molecule is Cc1cnccc1-c1cn(C)nc1[C@H]1CCCN1C(=O)CCCOc1cccc(F)c1. The Balaban J connectivity index is 1.42. The summed E-state index contributed by atoms with van der Waals surface area (Å²) in [5, 5.41) is 4.73. The summed E-state index contributed by atoms with van der Waals surface area (Å²) in [4.78, 5) is 19.1. The molecular formula is C24H27FN4O2. The van der Waals surface area contributed by atoms with E-state index in [1.165, 1.54) is 12.1 Å². The van der Waals surface area contributed by atoms with Crippen molar-refractivity contribution in [3.8, 4) is 16.9 Å². The van der Waals surface area contributed by atoms with Crippen molar-refractivity contribution in [3.05, 3.63) is 66.0 Å². The van der Waals surface area contributed by atoms with Crippen molar-refractivity contribution in [3.63, 3.8) is 0 Å². The predicted molar refractivity (Wildman–Crippen MR) is 116 cm³/mol. The van der Waals surface area contributed by atoms with Crippen LogP contribution in [0.4, 0.5) is 4.39 Å². The molecule has 0 unspecified atom stereocenters. The molecule has 3 aromatic rings. The second-order valence-corrected chi connectivity index (χ2v) is 7.95. The highest BCUT2D eigenvalue weighted by Gasteiger charge is 2.33. The molecule has 1 amide bonds. The van der Waals surface area contributed by atoms with Gasteiger partial charge in [-0.15, -0.1) is 0 Å². The minimum absolute atomic E-state index is 0.0274. The van der Waals surface area contributed by atoms with Crippen LogP contribution < -0.4 is 4.74 Å². The average molecular weight is 423 g/mol. The van der Waals surface area contributed by atoms with Crippen LogP contribution in [0.1, 0.15) is 43.0 Å². The van der Waals surface area contributed by atoms with Gasteiger partial charge in [0.1, 0.15) is 11.6 Å². The Bertz CT molecular complexity index is 1070. The summed E-state index contributed by atoms with van der Waals surface area (Å²) in [7, 11) is 1.91. The van der Waals surface area contributed by atoms with Crippen LogP contribution in [0.15, 0.2) is 48.9 Å². The van der Waals surface area contributed by atoms with Crippen LogP contribution in [0.5, 0.6) is 5.75 Å². The number of carbonyl (C=O) groups excluding carboxylic acids is 1. The first-order chi connectivity index (χ1) is 15.0. The molecular weight excluding hydrogens is 395 g/mol. The fraction of sp³-hybridized carbons (Fsp3) is 0.375. The van der Waals surface area contributed by atoms with Gasteiger partial charge in [-0.05, 0) is 55.5 Å². The Morgan fingerprint density at radius 2 is 2.16 bits per heavy atom. The zero-order chi connectivity index (χ0) is 21.8. The number of carbonyl (C=O) groups is 1. The number of hydrogen-bond donors (Lipinski definition) is 0. The molecule has 6 nitrogen and oxygen atoms in total. The van der Waals surface area contributed by atoms with Crippen LogP contribution in [0.25, 0.3) is 11.1 Å². The molecule has 0 aliphatic carbocycles. The maximum Gasteiger partial charge on any atom is 0.223 e. The van der Waals surface area contributed by atoms with Crippen LogP contribution in [0.2, 0.25) is 0 Å². The number of benzene rings is 1. The maximum atomic E-state index is 13.2. The fourth-order valence-corrected chi connectivity index (χ4v) is 4.20. The van der Waals surface area contributed by atoms with E-state index in [-0.39, 0.29) is 17.8 Å². The topological polar surface area (TPSA) is 60.2 Å². The standard InChI is InChI=1S/C24H27FN4O2/c1-17-15-26-11-10-20(17)21-16-28(2)27-24(21)22-8-4-12-29(22)23(30)9-5-13-31-19-7-3-6-18(25)14-19/h3,6-7,10-11,14-16,22H,4-5,8-9,12-13H2,1-2H3/t22-/m1/s1. The van der Waals surface area contributed by atoms with E-state index in [0.717, 1.165) is 41.8 Å². The minimum Gasteiger partial charge on any atom is -0.493 e. The van der Waals surface area contributed by atoms with Crippen molar-refractivity contribution in [1.82, 2.24) is 19.7 Å². The molecule has 0 spiro atoms. The van der Waals surface area contributed by atoms with E-state index < -0.39 is 0 Å². The van der Waals surface area contributed by atoms with Gasteiger partial charge in [0.15, 0.2) is 0 Å². The van der Waals surface area contributed by atoms with Crippen LogP contribution in [0.3, 0.4) is 0 Å². The summed E-state index contributed by atoms with van der Waals surface area (Å²) < 4.78 is 20.6. The average Bonchev–Trinajstić information content (AvgIpc) is 3.38. The largest absolute Gasteiger partial charge is 0.493 e. The van der Waals surface area contributed by atoms with Gasteiger partial charge in [0, 0.05) is 50.2 Å². The van der Waals surface area contributed by atoms with Crippen LogP contribution in [-0.2, 0) is 11.8 Å². The van der Waals surface area contributed by atoms with E-state index in [0.29, 0.717) is 25.2 Å². The smallest absolute Gasteiger partial charge is 0.223 e. The summed E-state index contributed by atoms with van der Waals surface area (Å²) in [6.07, 6.45) is 8.49. The summed E-state index contributed by atoms with van der Waals surface area (Å²) in [6.45, 7) is 3.15. The quantitative estimate of drug-likeness (QED) is 0.528. The number of nitrogens with zero attached hydrogens (tertiary/aromatic N) is 4. The molecule has 0 N–H and O–H groups in total. The molecule has 0 saturated carbocycles. The van der Waals surface area contributed by atoms with Crippen molar-refractivity contribution < 1.29 is 13.9 Å². The number of halogens is 1.